The summed E-state index contributed by atoms with van der Waals surface area (Å²) < 4.78 is 32.2. The van der Waals surface area contributed by atoms with Crippen LogP contribution in [0.2, 0.25) is 5.02 Å². The van der Waals surface area contributed by atoms with E-state index in [0.29, 0.717) is 29.2 Å². The number of halogens is 1. The molecular weight excluding hydrogens is 444 g/mol. The SMILES string of the molecule is NC(=O)COc1ccc(/C=N\NC(=O)[C@@H]2CCCN2S(=O)(=O)c2ccc(Cl)cc2)cc1. The van der Waals surface area contributed by atoms with Crippen molar-refractivity contribution in [2.24, 2.45) is 10.8 Å². The van der Waals surface area contributed by atoms with Crippen LogP contribution in [0.1, 0.15) is 18.4 Å². The third-order valence-electron chi connectivity index (χ3n) is 4.58. The number of ether oxygens (including phenoxy) is 1. The molecule has 0 aliphatic carbocycles. The number of primary amides is 1. The minimum absolute atomic E-state index is 0.0822. The van der Waals surface area contributed by atoms with Crippen molar-refractivity contribution in [2.75, 3.05) is 13.2 Å². The van der Waals surface area contributed by atoms with Crippen molar-refractivity contribution < 1.29 is 22.7 Å². The van der Waals surface area contributed by atoms with Gasteiger partial charge in [-0.05, 0) is 66.9 Å². The molecule has 11 heteroatoms. The summed E-state index contributed by atoms with van der Waals surface area (Å²) in [7, 11) is -3.83. The van der Waals surface area contributed by atoms with Gasteiger partial charge in [-0.25, -0.2) is 13.8 Å². The maximum Gasteiger partial charge on any atom is 0.258 e. The molecule has 1 atom stereocenters. The summed E-state index contributed by atoms with van der Waals surface area (Å²) in [5, 5.41) is 4.34. The molecule has 1 heterocycles. The lowest BCUT2D eigenvalue weighted by molar-refractivity contribution is -0.124. The molecule has 0 saturated carbocycles. The van der Waals surface area contributed by atoms with Crippen LogP contribution in [-0.2, 0) is 19.6 Å². The fourth-order valence-corrected chi connectivity index (χ4v) is 4.86. The summed E-state index contributed by atoms with van der Waals surface area (Å²) in [6, 6.07) is 11.6. The van der Waals surface area contributed by atoms with Crippen LogP contribution in [0.15, 0.2) is 58.5 Å². The molecule has 2 aromatic rings. The maximum atomic E-state index is 12.9. The van der Waals surface area contributed by atoms with E-state index >= 15 is 0 Å². The van der Waals surface area contributed by atoms with E-state index in [0.717, 1.165) is 0 Å². The summed E-state index contributed by atoms with van der Waals surface area (Å²) >= 11 is 5.83. The number of sulfonamides is 1. The fourth-order valence-electron chi connectivity index (χ4n) is 3.08. The van der Waals surface area contributed by atoms with Gasteiger partial charge in [0.25, 0.3) is 11.8 Å². The number of hydrogen-bond donors (Lipinski definition) is 2. The number of nitrogens with two attached hydrogens (primary N) is 1. The highest BCUT2D eigenvalue weighted by molar-refractivity contribution is 7.89. The number of benzene rings is 2. The molecule has 1 aliphatic heterocycles. The number of hydrazone groups is 1. The van der Waals surface area contributed by atoms with E-state index in [9.17, 15) is 18.0 Å². The third-order valence-corrected chi connectivity index (χ3v) is 6.75. The molecule has 0 radical (unpaired) electrons. The van der Waals surface area contributed by atoms with Crippen LogP contribution in [0.3, 0.4) is 0 Å². The molecule has 31 heavy (non-hydrogen) atoms. The van der Waals surface area contributed by atoms with Crippen molar-refractivity contribution in [3.63, 3.8) is 0 Å². The maximum absolute atomic E-state index is 12.9. The van der Waals surface area contributed by atoms with Crippen LogP contribution in [0.25, 0.3) is 0 Å². The van der Waals surface area contributed by atoms with Crippen molar-refractivity contribution in [3.05, 3.63) is 59.1 Å². The molecule has 2 aromatic carbocycles. The number of carbonyl (C=O) groups is 2. The largest absolute Gasteiger partial charge is 0.484 e. The van der Waals surface area contributed by atoms with Gasteiger partial charge in [0.2, 0.25) is 10.0 Å². The second-order valence-electron chi connectivity index (χ2n) is 6.79. The molecule has 0 bridgehead atoms. The van der Waals surface area contributed by atoms with Gasteiger partial charge in [0, 0.05) is 11.6 Å². The topological polar surface area (TPSA) is 131 Å². The molecular formula is C20H21ClN4O5S. The van der Waals surface area contributed by atoms with Gasteiger partial charge in [0.05, 0.1) is 11.1 Å². The summed E-state index contributed by atoms with van der Waals surface area (Å²) in [4.78, 5) is 23.4. The molecule has 0 unspecified atom stereocenters. The van der Waals surface area contributed by atoms with Crippen LogP contribution < -0.4 is 15.9 Å². The van der Waals surface area contributed by atoms with E-state index in [1.807, 2.05) is 0 Å². The lowest BCUT2D eigenvalue weighted by atomic mass is 10.2. The Morgan fingerprint density at radius 3 is 2.52 bits per heavy atom. The molecule has 164 valence electrons. The molecule has 3 N–H and O–H groups in total. The van der Waals surface area contributed by atoms with Crippen molar-refractivity contribution in [1.82, 2.24) is 9.73 Å². The Labute approximate surface area is 184 Å². The monoisotopic (exact) mass is 464 g/mol. The lowest BCUT2D eigenvalue weighted by Crippen LogP contribution is -2.44. The zero-order chi connectivity index (χ0) is 22.4. The van der Waals surface area contributed by atoms with E-state index in [1.54, 1.807) is 24.3 Å². The molecule has 1 saturated heterocycles. The number of nitrogens with zero attached hydrogens (tertiary/aromatic N) is 2. The Hall–Kier alpha value is -2.95. The van der Waals surface area contributed by atoms with Gasteiger partial charge in [0.15, 0.2) is 6.61 Å². The standard InChI is InChI=1S/C20H21ClN4O5S/c21-15-5-9-17(10-6-15)31(28,29)25-11-1-2-18(25)20(27)24-23-12-14-3-7-16(8-4-14)30-13-19(22)26/h3-10,12,18H,1-2,11,13H2,(H2,22,26)(H,24,27)/b23-12-/t18-/m0/s1. The predicted molar refractivity (Wildman–Crippen MR) is 115 cm³/mol. The van der Waals surface area contributed by atoms with Crippen molar-refractivity contribution >= 4 is 39.7 Å². The minimum atomic E-state index is -3.83. The Morgan fingerprint density at radius 2 is 1.87 bits per heavy atom. The summed E-state index contributed by atoms with van der Waals surface area (Å²) in [6.07, 6.45) is 2.39. The first kappa shape index (κ1) is 22.7. The van der Waals surface area contributed by atoms with E-state index in [4.69, 9.17) is 22.1 Å². The lowest BCUT2D eigenvalue weighted by Gasteiger charge is -2.22. The highest BCUT2D eigenvalue weighted by Gasteiger charge is 2.39. The molecule has 1 fully saturated rings. The van der Waals surface area contributed by atoms with Crippen LogP contribution >= 0.6 is 11.6 Å². The molecule has 0 aromatic heterocycles. The Kier molecular flexibility index (Phi) is 7.26. The average molecular weight is 465 g/mol. The van der Waals surface area contributed by atoms with E-state index in [1.165, 1.54) is 34.8 Å². The fraction of sp³-hybridized carbons (Fsp3) is 0.250. The highest BCUT2D eigenvalue weighted by atomic mass is 35.5. The van der Waals surface area contributed by atoms with Crippen LogP contribution in [-0.4, -0.2) is 49.9 Å². The van der Waals surface area contributed by atoms with Gasteiger partial charge in [-0.2, -0.15) is 9.41 Å². The average Bonchev–Trinajstić information content (AvgIpc) is 3.24. The molecule has 3 rings (SSSR count). The van der Waals surface area contributed by atoms with Crippen molar-refractivity contribution in [1.29, 1.82) is 0 Å². The van der Waals surface area contributed by atoms with Gasteiger partial charge in [-0.15, -0.1) is 0 Å². The minimum Gasteiger partial charge on any atom is -0.484 e. The molecule has 0 spiro atoms. The van der Waals surface area contributed by atoms with E-state index in [2.05, 4.69) is 10.5 Å². The first-order chi connectivity index (χ1) is 14.8. The second-order valence-corrected chi connectivity index (χ2v) is 9.11. The Bertz CT molecular complexity index is 1070. The van der Waals surface area contributed by atoms with E-state index < -0.39 is 27.9 Å². The number of hydrogen-bond acceptors (Lipinski definition) is 6. The van der Waals surface area contributed by atoms with Gasteiger partial charge in [-0.1, -0.05) is 11.6 Å². The zero-order valence-corrected chi connectivity index (χ0v) is 18.0. The number of carbonyl (C=O) groups excluding carboxylic acids is 2. The zero-order valence-electron chi connectivity index (χ0n) is 16.4. The van der Waals surface area contributed by atoms with Crippen LogP contribution in [0.4, 0.5) is 0 Å². The van der Waals surface area contributed by atoms with Crippen LogP contribution in [0, 0.1) is 0 Å². The predicted octanol–water partition coefficient (Wildman–Crippen LogP) is 1.51. The van der Waals surface area contributed by atoms with Crippen molar-refractivity contribution in [3.8, 4) is 5.75 Å². The Morgan fingerprint density at radius 1 is 1.19 bits per heavy atom. The number of amides is 2. The highest BCUT2D eigenvalue weighted by Crippen LogP contribution is 2.27. The first-order valence-electron chi connectivity index (χ1n) is 9.39. The first-order valence-corrected chi connectivity index (χ1v) is 11.2. The molecule has 2 amide bonds. The summed E-state index contributed by atoms with van der Waals surface area (Å²) in [5.41, 5.74) is 8.09. The van der Waals surface area contributed by atoms with Crippen molar-refractivity contribution in [2.45, 2.75) is 23.8 Å². The third kappa shape index (κ3) is 5.81. The summed E-state index contributed by atoms with van der Waals surface area (Å²) in [5.74, 6) is -0.617. The van der Waals surface area contributed by atoms with Gasteiger partial charge in [-0.3, -0.25) is 9.59 Å². The van der Waals surface area contributed by atoms with Gasteiger partial charge < -0.3 is 10.5 Å². The second kappa shape index (κ2) is 9.90. The quantitative estimate of drug-likeness (QED) is 0.451. The van der Waals surface area contributed by atoms with Gasteiger partial charge in [0.1, 0.15) is 11.8 Å². The molecule has 9 nitrogen and oxygen atoms in total. The van der Waals surface area contributed by atoms with E-state index in [-0.39, 0.29) is 18.0 Å². The summed E-state index contributed by atoms with van der Waals surface area (Å²) in [6.45, 7) is 0.0276. The Balaban J connectivity index is 1.61. The van der Waals surface area contributed by atoms with Crippen LogP contribution in [0.5, 0.6) is 5.75 Å². The molecule has 1 aliphatic rings. The number of rotatable bonds is 8. The number of nitrogens with one attached hydrogen (secondary N) is 1. The smallest absolute Gasteiger partial charge is 0.258 e. The normalized spacial score (nSPS) is 17.0. The van der Waals surface area contributed by atoms with Gasteiger partial charge >= 0.3 is 0 Å².